The third kappa shape index (κ3) is 5.03. The molecule has 122 valence electrons. The maximum absolute atomic E-state index is 10.5. The second-order valence-electron chi connectivity index (χ2n) is 5.11. The standard InChI is InChI=1S/C13H23NO7/c1-7(4-15)3-14-8(2)6-20-13-12(19)11(18)10(17)9(5-16)21-13/h4,7,9-14,16-19H,2-3,5-6H2,1H3/t7-,9?,10?,11-,12+,13?/m0/s1. The number of aldehydes is 1. The van der Waals surface area contributed by atoms with Gasteiger partial charge in [0.25, 0.3) is 0 Å². The van der Waals surface area contributed by atoms with Gasteiger partial charge in [0.2, 0.25) is 0 Å². The zero-order valence-corrected chi connectivity index (χ0v) is 11.9. The van der Waals surface area contributed by atoms with E-state index in [9.17, 15) is 20.1 Å². The molecule has 8 heteroatoms. The molecule has 1 aliphatic rings. The van der Waals surface area contributed by atoms with Gasteiger partial charge in [-0.3, -0.25) is 0 Å². The molecule has 1 fully saturated rings. The van der Waals surface area contributed by atoms with Crippen LogP contribution in [0.4, 0.5) is 0 Å². The van der Waals surface area contributed by atoms with E-state index >= 15 is 0 Å². The van der Waals surface area contributed by atoms with Crippen LogP contribution in [-0.2, 0) is 14.3 Å². The Morgan fingerprint density at radius 3 is 2.62 bits per heavy atom. The zero-order chi connectivity index (χ0) is 16.0. The first-order valence-corrected chi connectivity index (χ1v) is 6.69. The highest BCUT2D eigenvalue weighted by Crippen LogP contribution is 2.22. The van der Waals surface area contributed by atoms with E-state index < -0.39 is 37.3 Å². The predicted octanol–water partition coefficient (Wildman–Crippen LogP) is -2.26. The monoisotopic (exact) mass is 305 g/mol. The van der Waals surface area contributed by atoms with Crippen molar-refractivity contribution in [3.8, 4) is 0 Å². The van der Waals surface area contributed by atoms with Crippen molar-refractivity contribution in [2.24, 2.45) is 5.92 Å². The van der Waals surface area contributed by atoms with E-state index in [0.717, 1.165) is 6.29 Å². The van der Waals surface area contributed by atoms with E-state index in [2.05, 4.69) is 11.9 Å². The Labute approximate surface area is 123 Å². The highest BCUT2D eigenvalue weighted by atomic mass is 16.7. The Morgan fingerprint density at radius 1 is 1.38 bits per heavy atom. The van der Waals surface area contributed by atoms with Gasteiger partial charge in [-0.05, 0) is 0 Å². The summed E-state index contributed by atoms with van der Waals surface area (Å²) >= 11 is 0. The lowest BCUT2D eigenvalue weighted by Gasteiger charge is -2.39. The lowest BCUT2D eigenvalue weighted by molar-refractivity contribution is -0.299. The van der Waals surface area contributed by atoms with Crippen molar-refractivity contribution in [2.75, 3.05) is 19.8 Å². The molecule has 0 aromatic rings. The van der Waals surface area contributed by atoms with Crippen LogP contribution in [0.5, 0.6) is 0 Å². The number of carbonyl (C=O) groups is 1. The van der Waals surface area contributed by atoms with Crippen LogP contribution < -0.4 is 5.32 Å². The summed E-state index contributed by atoms with van der Waals surface area (Å²) in [7, 11) is 0. The van der Waals surface area contributed by atoms with Crippen LogP contribution in [0.25, 0.3) is 0 Å². The summed E-state index contributed by atoms with van der Waals surface area (Å²) in [5.74, 6) is -0.172. The van der Waals surface area contributed by atoms with Gasteiger partial charge in [-0.2, -0.15) is 0 Å². The average molecular weight is 305 g/mol. The maximum Gasteiger partial charge on any atom is 0.187 e. The average Bonchev–Trinajstić information content (AvgIpc) is 2.49. The molecule has 0 spiro atoms. The van der Waals surface area contributed by atoms with E-state index in [-0.39, 0.29) is 12.5 Å². The number of ether oxygens (including phenoxy) is 2. The molecular weight excluding hydrogens is 282 g/mol. The van der Waals surface area contributed by atoms with Crippen molar-refractivity contribution in [2.45, 2.75) is 37.6 Å². The summed E-state index contributed by atoms with van der Waals surface area (Å²) in [4.78, 5) is 10.5. The molecule has 6 atom stereocenters. The molecule has 0 amide bonds. The number of carbonyl (C=O) groups excluding carboxylic acids is 1. The normalized spacial score (nSPS) is 34.2. The number of rotatable bonds is 8. The summed E-state index contributed by atoms with van der Waals surface area (Å²) < 4.78 is 10.4. The van der Waals surface area contributed by atoms with Crippen molar-refractivity contribution < 1.29 is 34.7 Å². The number of aliphatic hydroxyl groups excluding tert-OH is 4. The van der Waals surface area contributed by atoms with E-state index in [4.69, 9.17) is 14.6 Å². The van der Waals surface area contributed by atoms with Gasteiger partial charge in [-0.1, -0.05) is 13.5 Å². The molecule has 1 rings (SSSR count). The van der Waals surface area contributed by atoms with E-state index in [1.54, 1.807) is 6.92 Å². The van der Waals surface area contributed by atoms with Gasteiger partial charge in [0, 0.05) is 18.2 Å². The quantitative estimate of drug-likeness (QED) is 0.318. The molecule has 5 N–H and O–H groups in total. The molecule has 0 aromatic carbocycles. The highest BCUT2D eigenvalue weighted by molar-refractivity contribution is 5.53. The lowest BCUT2D eigenvalue weighted by atomic mass is 9.99. The zero-order valence-electron chi connectivity index (χ0n) is 11.9. The summed E-state index contributed by atoms with van der Waals surface area (Å²) in [6, 6.07) is 0. The van der Waals surface area contributed by atoms with Crippen LogP contribution in [0.3, 0.4) is 0 Å². The molecule has 1 saturated heterocycles. The largest absolute Gasteiger partial charge is 0.394 e. The lowest BCUT2D eigenvalue weighted by Crippen LogP contribution is -2.59. The third-order valence-electron chi connectivity index (χ3n) is 3.18. The first-order chi connectivity index (χ1) is 9.90. The molecule has 21 heavy (non-hydrogen) atoms. The van der Waals surface area contributed by atoms with Gasteiger partial charge in [-0.25, -0.2) is 0 Å². The molecule has 0 saturated carbocycles. The van der Waals surface area contributed by atoms with E-state index in [1.807, 2.05) is 0 Å². The van der Waals surface area contributed by atoms with Crippen molar-refractivity contribution in [1.82, 2.24) is 5.32 Å². The van der Waals surface area contributed by atoms with E-state index in [0.29, 0.717) is 12.2 Å². The SMILES string of the molecule is C=C(COC1OC(CO)C(O)[C@H](O)[C@H]1O)NC[C@H](C)C=O. The van der Waals surface area contributed by atoms with Crippen LogP contribution in [0.15, 0.2) is 12.3 Å². The maximum atomic E-state index is 10.5. The minimum Gasteiger partial charge on any atom is -0.394 e. The second-order valence-corrected chi connectivity index (χ2v) is 5.11. The van der Waals surface area contributed by atoms with Crippen LogP contribution in [-0.4, -0.2) is 77.2 Å². The van der Waals surface area contributed by atoms with Crippen molar-refractivity contribution in [1.29, 1.82) is 0 Å². The number of hydrogen-bond donors (Lipinski definition) is 5. The summed E-state index contributed by atoms with van der Waals surface area (Å²) in [5, 5.41) is 40.9. The molecule has 8 nitrogen and oxygen atoms in total. The fourth-order valence-corrected chi connectivity index (χ4v) is 1.79. The smallest absolute Gasteiger partial charge is 0.187 e. The Morgan fingerprint density at radius 2 is 2.05 bits per heavy atom. The Kier molecular flexibility index (Phi) is 7.23. The third-order valence-corrected chi connectivity index (χ3v) is 3.18. The van der Waals surface area contributed by atoms with Crippen LogP contribution >= 0.6 is 0 Å². The predicted molar refractivity (Wildman–Crippen MR) is 72.1 cm³/mol. The van der Waals surface area contributed by atoms with Gasteiger partial charge >= 0.3 is 0 Å². The Hall–Kier alpha value is -1.03. The summed E-state index contributed by atoms with van der Waals surface area (Å²) in [6.07, 6.45) is -5.73. The first kappa shape index (κ1) is 18.0. The van der Waals surface area contributed by atoms with Crippen LogP contribution in [0.1, 0.15) is 6.92 Å². The van der Waals surface area contributed by atoms with Gasteiger partial charge in [0.15, 0.2) is 6.29 Å². The van der Waals surface area contributed by atoms with E-state index in [1.165, 1.54) is 0 Å². The van der Waals surface area contributed by atoms with Gasteiger partial charge < -0.3 is 40.0 Å². The van der Waals surface area contributed by atoms with Crippen molar-refractivity contribution in [3.63, 3.8) is 0 Å². The molecule has 1 aliphatic heterocycles. The van der Waals surface area contributed by atoms with Gasteiger partial charge in [-0.15, -0.1) is 0 Å². The van der Waals surface area contributed by atoms with Crippen LogP contribution in [0, 0.1) is 5.92 Å². The molecule has 3 unspecified atom stereocenters. The molecule has 0 radical (unpaired) electrons. The number of aliphatic hydroxyl groups is 4. The first-order valence-electron chi connectivity index (χ1n) is 6.69. The topological polar surface area (TPSA) is 128 Å². The Bertz CT molecular complexity index is 349. The summed E-state index contributed by atoms with van der Waals surface area (Å²) in [5.41, 5.74) is 0.473. The Balaban J connectivity index is 2.43. The van der Waals surface area contributed by atoms with Crippen molar-refractivity contribution in [3.05, 3.63) is 12.3 Å². The molecular formula is C13H23NO7. The second kappa shape index (κ2) is 8.42. The van der Waals surface area contributed by atoms with Crippen LogP contribution in [0.2, 0.25) is 0 Å². The molecule has 0 aromatic heterocycles. The fraction of sp³-hybridized carbons (Fsp3) is 0.769. The summed E-state index contributed by atoms with van der Waals surface area (Å²) in [6.45, 7) is 5.31. The highest BCUT2D eigenvalue weighted by Gasteiger charge is 2.43. The molecule has 1 heterocycles. The fourth-order valence-electron chi connectivity index (χ4n) is 1.79. The van der Waals surface area contributed by atoms with Crippen molar-refractivity contribution >= 4 is 6.29 Å². The minimum absolute atomic E-state index is 0.0196. The molecule has 0 aliphatic carbocycles. The number of nitrogens with one attached hydrogen (secondary N) is 1. The van der Waals surface area contributed by atoms with Gasteiger partial charge in [0.05, 0.1) is 13.2 Å². The molecule has 0 bridgehead atoms. The van der Waals surface area contributed by atoms with Gasteiger partial charge in [0.1, 0.15) is 30.7 Å². The minimum atomic E-state index is -1.47. The number of hydrogen-bond acceptors (Lipinski definition) is 8.